The Balaban J connectivity index is 2.25. The maximum atomic E-state index is 13.3. The molecule has 0 saturated carbocycles. The van der Waals surface area contributed by atoms with Crippen molar-refractivity contribution in [3.8, 4) is 0 Å². The van der Waals surface area contributed by atoms with Gasteiger partial charge in [-0.3, -0.25) is 9.48 Å². The van der Waals surface area contributed by atoms with Gasteiger partial charge in [0.25, 0.3) is 12.9 Å². The van der Waals surface area contributed by atoms with E-state index in [1.165, 1.54) is 18.9 Å². The maximum Gasteiger partial charge on any atom is 0.283 e. The SMILES string of the molecule is CCn1ccc(CN(C)C(=O)C(C)n2nc(C(F)F)c(Cl)c2C(F)F)n1. The van der Waals surface area contributed by atoms with Crippen molar-refractivity contribution in [2.75, 3.05) is 7.05 Å². The van der Waals surface area contributed by atoms with Crippen LogP contribution in [0.3, 0.4) is 0 Å². The van der Waals surface area contributed by atoms with Gasteiger partial charge in [-0.1, -0.05) is 11.6 Å². The van der Waals surface area contributed by atoms with E-state index in [-0.39, 0.29) is 6.54 Å². The summed E-state index contributed by atoms with van der Waals surface area (Å²) in [5.41, 5.74) is -1.26. The van der Waals surface area contributed by atoms with Crippen LogP contribution in [0.1, 0.15) is 49.8 Å². The lowest BCUT2D eigenvalue weighted by Crippen LogP contribution is -2.34. The van der Waals surface area contributed by atoms with Crippen LogP contribution >= 0.6 is 11.6 Å². The molecule has 0 N–H and O–H groups in total. The Morgan fingerprint density at radius 1 is 1.27 bits per heavy atom. The van der Waals surface area contributed by atoms with E-state index in [0.29, 0.717) is 16.9 Å². The van der Waals surface area contributed by atoms with E-state index in [1.807, 2.05) is 6.92 Å². The fourth-order valence-corrected chi connectivity index (χ4v) is 2.77. The number of carbonyl (C=O) groups is 1. The molecule has 0 radical (unpaired) electrons. The highest BCUT2D eigenvalue weighted by Crippen LogP contribution is 2.36. The van der Waals surface area contributed by atoms with Crippen molar-refractivity contribution in [1.82, 2.24) is 24.5 Å². The summed E-state index contributed by atoms with van der Waals surface area (Å²) in [6, 6.07) is 0.490. The summed E-state index contributed by atoms with van der Waals surface area (Å²) < 4.78 is 54.6. The fraction of sp³-hybridized carbons (Fsp3) is 0.533. The molecule has 2 aromatic heterocycles. The van der Waals surface area contributed by atoms with E-state index >= 15 is 0 Å². The number of hydrogen-bond donors (Lipinski definition) is 0. The van der Waals surface area contributed by atoms with Gasteiger partial charge in [0.15, 0.2) is 0 Å². The topological polar surface area (TPSA) is 56.0 Å². The zero-order chi connectivity index (χ0) is 19.6. The molecule has 6 nitrogen and oxygen atoms in total. The number of aromatic nitrogens is 4. The summed E-state index contributed by atoms with van der Waals surface area (Å²) in [4.78, 5) is 13.8. The van der Waals surface area contributed by atoms with Gasteiger partial charge in [0, 0.05) is 19.8 Å². The Kier molecular flexibility index (Phi) is 6.27. The lowest BCUT2D eigenvalue weighted by molar-refractivity contribution is -0.134. The molecule has 26 heavy (non-hydrogen) atoms. The molecule has 0 aliphatic heterocycles. The number of amides is 1. The number of alkyl halides is 4. The second kappa shape index (κ2) is 8.07. The van der Waals surface area contributed by atoms with E-state index in [0.717, 1.165) is 0 Å². The largest absolute Gasteiger partial charge is 0.338 e. The van der Waals surface area contributed by atoms with E-state index in [9.17, 15) is 22.4 Å². The highest BCUT2D eigenvalue weighted by molar-refractivity contribution is 6.32. The highest BCUT2D eigenvalue weighted by atomic mass is 35.5. The van der Waals surface area contributed by atoms with Crippen molar-refractivity contribution >= 4 is 17.5 Å². The zero-order valence-corrected chi connectivity index (χ0v) is 15.1. The summed E-state index contributed by atoms with van der Waals surface area (Å²) in [6.45, 7) is 4.00. The fourth-order valence-electron chi connectivity index (χ4n) is 2.48. The highest BCUT2D eigenvalue weighted by Gasteiger charge is 2.32. The molecule has 2 rings (SSSR count). The summed E-state index contributed by atoms with van der Waals surface area (Å²) >= 11 is 5.62. The van der Waals surface area contributed by atoms with Crippen molar-refractivity contribution < 1.29 is 22.4 Å². The van der Waals surface area contributed by atoms with Crippen LogP contribution in [0.25, 0.3) is 0 Å². The van der Waals surface area contributed by atoms with Gasteiger partial charge in [0.2, 0.25) is 5.91 Å². The predicted octanol–water partition coefficient (Wildman–Crippen LogP) is 3.85. The van der Waals surface area contributed by atoms with Crippen LogP contribution in [0, 0.1) is 0 Å². The predicted molar refractivity (Wildman–Crippen MR) is 86.2 cm³/mol. The van der Waals surface area contributed by atoms with Crippen LogP contribution < -0.4 is 0 Å². The van der Waals surface area contributed by atoms with E-state index in [1.54, 1.807) is 16.9 Å². The van der Waals surface area contributed by atoms with Crippen LogP contribution in [0.5, 0.6) is 0 Å². The standard InChI is InChI=1S/C15H18ClF4N5O/c1-4-24-6-5-9(21-24)7-23(3)15(26)8(2)25-12(14(19)20)10(16)11(22-25)13(17)18/h5-6,8,13-14H,4,7H2,1-3H3. The Morgan fingerprint density at radius 2 is 1.92 bits per heavy atom. The van der Waals surface area contributed by atoms with Crippen molar-refractivity contribution in [2.45, 2.75) is 45.8 Å². The van der Waals surface area contributed by atoms with Crippen LogP contribution in [0.2, 0.25) is 5.02 Å². The first-order valence-corrected chi connectivity index (χ1v) is 8.16. The van der Waals surface area contributed by atoms with Gasteiger partial charge < -0.3 is 4.90 Å². The number of carbonyl (C=O) groups excluding carboxylic acids is 1. The Hall–Kier alpha value is -2.10. The van der Waals surface area contributed by atoms with Crippen LogP contribution in [0.4, 0.5) is 17.6 Å². The summed E-state index contributed by atoms with van der Waals surface area (Å²) in [6.07, 6.45) is -4.53. The minimum atomic E-state index is -3.15. The lowest BCUT2D eigenvalue weighted by atomic mass is 10.2. The molecule has 0 aliphatic carbocycles. The third-order valence-corrected chi connectivity index (χ3v) is 4.23. The average Bonchev–Trinajstić information content (AvgIpc) is 3.17. The molecule has 2 heterocycles. The number of nitrogens with zero attached hydrogens (tertiary/aromatic N) is 5. The molecule has 0 aliphatic rings. The molecular formula is C15H18ClF4N5O. The molecule has 0 fully saturated rings. The minimum Gasteiger partial charge on any atom is -0.338 e. The van der Waals surface area contributed by atoms with Crippen LogP contribution in [-0.2, 0) is 17.9 Å². The minimum absolute atomic E-state index is 0.136. The Morgan fingerprint density at radius 3 is 2.42 bits per heavy atom. The number of rotatable bonds is 7. The Labute approximate surface area is 152 Å². The maximum absolute atomic E-state index is 13.3. The molecule has 1 amide bonds. The molecule has 1 atom stereocenters. The molecule has 0 spiro atoms. The number of aryl methyl sites for hydroxylation is 1. The van der Waals surface area contributed by atoms with Gasteiger partial charge in [0.05, 0.1) is 17.3 Å². The van der Waals surface area contributed by atoms with Gasteiger partial charge in [-0.25, -0.2) is 22.2 Å². The molecule has 2 aromatic rings. The van der Waals surface area contributed by atoms with Crippen molar-refractivity contribution in [3.05, 3.63) is 34.4 Å². The molecular weight excluding hydrogens is 378 g/mol. The van der Waals surface area contributed by atoms with E-state index in [4.69, 9.17) is 11.6 Å². The molecule has 0 saturated heterocycles. The number of hydrogen-bond acceptors (Lipinski definition) is 3. The van der Waals surface area contributed by atoms with Crippen molar-refractivity contribution in [2.24, 2.45) is 0 Å². The first-order chi connectivity index (χ1) is 12.2. The zero-order valence-electron chi connectivity index (χ0n) is 14.3. The number of likely N-dealkylation sites (N-methyl/N-ethyl adjacent to an activating group) is 1. The molecule has 1 unspecified atom stereocenters. The van der Waals surface area contributed by atoms with Gasteiger partial charge >= 0.3 is 0 Å². The van der Waals surface area contributed by atoms with Gasteiger partial charge in [-0.05, 0) is 19.9 Å². The van der Waals surface area contributed by atoms with Crippen molar-refractivity contribution in [3.63, 3.8) is 0 Å². The smallest absolute Gasteiger partial charge is 0.283 e. The molecule has 0 bridgehead atoms. The molecule has 11 heteroatoms. The van der Waals surface area contributed by atoms with Gasteiger partial charge in [-0.15, -0.1) is 0 Å². The van der Waals surface area contributed by atoms with Crippen molar-refractivity contribution in [1.29, 1.82) is 0 Å². The Bertz CT molecular complexity index is 776. The monoisotopic (exact) mass is 395 g/mol. The van der Waals surface area contributed by atoms with Gasteiger partial charge in [0.1, 0.15) is 17.4 Å². The second-order valence-corrected chi connectivity index (χ2v) is 6.04. The first kappa shape index (κ1) is 20.2. The second-order valence-electron chi connectivity index (χ2n) is 5.66. The summed E-state index contributed by atoms with van der Waals surface area (Å²) in [7, 11) is 1.46. The van der Waals surface area contributed by atoms with Crippen LogP contribution in [0.15, 0.2) is 12.3 Å². The number of halogens is 5. The normalized spacial score (nSPS) is 12.8. The summed E-state index contributed by atoms with van der Waals surface area (Å²) in [5.74, 6) is -0.585. The van der Waals surface area contributed by atoms with E-state index < -0.39 is 41.2 Å². The van der Waals surface area contributed by atoms with Gasteiger partial charge in [-0.2, -0.15) is 10.2 Å². The molecule has 0 aromatic carbocycles. The third kappa shape index (κ3) is 4.00. The van der Waals surface area contributed by atoms with E-state index in [2.05, 4.69) is 10.2 Å². The first-order valence-electron chi connectivity index (χ1n) is 7.78. The van der Waals surface area contributed by atoms with Crippen LogP contribution in [-0.4, -0.2) is 37.4 Å². The third-order valence-electron chi connectivity index (χ3n) is 3.84. The quantitative estimate of drug-likeness (QED) is 0.669. The summed E-state index contributed by atoms with van der Waals surface area (Å²) in [5, 5.41) is 6.86. The average molecular weight is 396 g/mol. The lowest BCUT2D eigenvalue weighted by Gasteiger charge is -2.22. The molecule has 144 valence electrons.